The molecule has 0 bridgehead atoms. The summed E-state index contributed by atoms with van der Waals surface area (Å²) in [5, 5.41) is 0.263. The summed E-state index contributed by atoms with van der Waals surface area (Å²) in [7, 11) is 1.49. The van der Waals surface area contributed by atoms with E-state index in [4.69, 9.17) is 25.8 Å². The van der Waals surface area contributed by atoms with Gasteiger partial charge in [0.05, 0.1) is 17.7 Å². The fourth-order valence-corrected chi connectivity index (χ4v) is 1.95. The predicted octanol–water partition coefficient (Wildman–Crippen LogP) is 2.32. The summed E-state index contributed by atoms with van der Waals surface area (Å²) in [6.45, 7) is 2.30. The summed E-state index contributed by atoms with van der Waals surface area (Å²) in [5.74, 6) is 1.14. The molecule has 1 heterocycles. The predicted molar refractivity (Wildman–Crippen MR) is 59.0 cm³/mol. The van der Waals surface area contributed by atoms with Crippen molar-refractivity contribution < 1.29 is 19.0 Å². The van der Waals surface area contributed by atoms with E-state index >= 15 is 0 Å². The van der Waals surface area contributed by atoms with Gasteiger partial charge in [0, 0.05) is 6.07 Å². The summed E-state index contributed by atoms with van der Waals surface area (Å²) in [5.41, 5.74) is 0.315. The highest BCUT2D eigenvalue weighted by Crippen LogP contribution is 2.43. The molecule has 5 heteroatoms. The number of ether oxygens (including phenoxy) is 3. The first-order valence-electron chi connectivity index (χ1n) is 4.82. The van der Waals surface area contributed by atoms with Gasteiger partial charge in [-0.2, -0.15) is 0 Å². The first kappa shape index (κ1) is 11.1. The van der Waals surface area contributed by atoms with E-state index in [0.717, 1.165) is 0 Å². The van der Waals surface area contributed by atoms with Gasteiger partial charge < -0.3 is 14.2 Å². The smallest absolute Gasteiger partial charge is 0.173 e. The van der Waals surface area contributed by atoms with Crippen molar-refractivity contribution in [1.82, 2.24) is 0 Å². The second-order valence-electron chi connectivity index (χ2n) is 3.35. The van der Waals surface area contributed by atoms with E-state index in [-0.39, 0.29) is 10.8 Å². The lowest BCUT2D eigenvalue weighted by atomic mass is 10.1. The number of methoxy groups -OCH3 is 1. The number of carbonyl (C=O) groups is 1. The van der Waals surface area contributed by atoms with E-state index in [1.54, 1.807) is 6.07 Å². The Hall–Kier alpha value is -1.42. The number of rotatable bonds is 2. The van der Waals surface area contributed by atoms with Gasteiger partial charge in [0.25, 0.3) is 0 Å². The second-order valence-corrected chi connectivity index (χ2v) is 3.73. The lowest BCUT2D eigenvalue weighted by Gasteiger charge is -2.22. The molecule has 0 aromatic heterocycles. The summed E-state index contributed by atoms with van der Waals surface area (Å²) in [6.07, 6.45) is 0. The number of hydrogen-bond donors (Lipinski definition) is 0. The van der Waals surface area contributed by atoms with Gasteiger partial charge in [-0.3, -0.25) is 4.79 Å². The van der Waals surface area contributed by atoms with E-state index < -0.39 is 0 Å². The largest absolute Gasteiger partial charge is 0.495 e. The van der Waals surface area contributed by atoms with Crippen LogP contribution in [0.2, 0.25) is 5.02 Å². The molecule has 0 radical (unpaired) electrons. The summed E-state index contributed by atoms with van der Waals surface area (Å²) in [4.78, 5) is 11.5. The maximum atomic E-state index is 11.5. The van der Waals surface area contributed by atoms with Gasteiger partial charge in [0.2, 0.25) is 0 Å². The average Bonchev–Trinajstić information content (AvgIpc) is 2.27. The number of benzene rings is 1. The molecule has 1 aromatic carbocycles. The fourth-order valence-electron chi connectivity index (χ4n) is 1.60. The first-order chi connectivity index (χ1) is 7.65. The highest BCUT2D eigenvalue weighted by Gasteiger charge is 2.25. The molecule has 1 aromatic rings. The molecule has 4 nitrogen and oxygen atoms in total. The minimum absolute atomic E-state index is 0.175. The van der Waals surface area contributed by atoms with E-state index in [2.05, 4.69) is 0 Å². The van der Waals surface area contributed by atoms with Crippen LogP contribution in [-0.2, 0) is 0 Å². The summed E-state index contributed by atoms with van der Waals surface area (Å²) in [6, 6.07) is 1.63. The van der Waals surface area contributed by atoms with E-state index in [9.17, 15) is 4.79 Å². The molecule has 0 saturated carbocycles. The molecule has 0 N–H and O–H groups in total. The molecule has 0 unspecified atom stereocenters. The standard InChI is InChI=1S/C11H11ClO4/c1-6(13)9-10(12)7(14-2)5-8-11(9)16-4-3-15-8/h5H,3-4H2,1-2H3. The zero-order valence-electron chi connectivity index (χ0n) is 9.00. The highest BCUT2D eigenvalue weighted by atomic mass is 35.5. The summed E-state index contributed by atoms with van der Waals surface area (Å²) < 4.78 is 15.9. The lowest BCUT2D eigenvalue weighted by Crippen LogP contribution is -2.18. The van der Waals surface area contributed by atoms with Crippen molar-refractivity contribution in [2.45, 2.75) is 6.92 Å². The van der Waals surface area contributed by atoms with Crippen LogP contribution in [0.25, 0.3) is 0 Å². The maximum Gasteiger partial charge on any atom is 0.173 e. The topological polar surface area (TPSA) is 44.8 Å². The Bertz CT molecular complexity index is 442. The van der Waals surface area contributed by atoms with Crippen molar-refractivity contribution in [2.24, 2.45) is 0 Å². The normalized spacial score (nSPS) is 13.4. The zero-order chi connectivity index (χ0) is 11.7. The monoisotopic (exact) mass is 242 g/mol. The molecule has 0 amide bonds. The van der Waals surface area contributed by atoms with Gasteiger partial charge in [-0.15, -0.1) is 0 Å². The minimum Gasteiger partial charge on any atom is -0.495 e. The van der Waals surface area contributed by atoms with Crippen molar-refractivity contribution in [3.63, 3.8) is 0 Å². The Labute approximate surface area is 98.1 Å². The molecule has 1 aliphatic rings. The van der Waals surface area contributed by atoms with Gasteiger partial charge in [0.15, 0.2) is 17.3 Å². The molecule has 0 fully saturated rings. The lowest BCUT2D eigenvalue weighted by molar-refractivity contribution is 0.100. The zero-order valence-corrected chi connectivity index (χ0v) is 9.76. The molecule has 86 valence electrons. The van der Waals surface area contributed by atoms with Crippen LogP contribution in [-0.4, -0.2) is 26.1 Å². The van der Waals surface area contributed by atoms with Gasteiger partial charge >= 0.3 is 0 Å². The van der Waals surface area contributed by atoms with Crippen LogP contribution < -0.4 is 14.2 Å². The highest BCUT2D eigenvalue weighted by molar-refractivity contribution is 6.35. The Morgan fingerprint density at radius 2 is 2.12 bits per heavy atom. The molecular formula is C11H11ClO4. The van der Waals surface area contributed by atoms with E-state index in [0.29, 0.717) is 36.0 Å². The number of halogens is 1. The second kappa shape index (κ2) is 4.22. The number of hydrogen-bond acceptors (Lipinski definition) is 4. The third kappa shape index (κ3) is 1.69. The number of carbonyl (C=O) groups excluding carboxylic acids is 1. The third-order valence-corrected chi connectivity index (χ3v) is 2.68. The first-order valence-corrected chi connectivity index (χ1v) is 5.20. The van der Waals surface area contributed by atoms with Crippen molar-refractivity contribution in [3.05, 3.63) is 16.7 Å². The van der Waals surface area contributed by atoms with Crippen molar-refractivity contribution >= 4 is 17.4 Å². The van der Waals surface area contributed by atoms with Crippen LogP contribution in [0.3, 0.4) is 0 Å². The van der Waals surface area contributed by atoms with Gasteiger partial charge in [-0.25, -0.2) is 0 Å². The van der Waals surface area contributed by atoms with Gasteiger partial charge in [0.1, 0.15) is 19.0 Å². The number of Topliss-reactive ketones (excluding diaryl/α,β-unsaturated/α-hetero) is 1. The molecule has 0 spiro atoms. The Morgan fingerprint density at radius 3 is 2.75 bits per heavy atom. The summed E-state index contributed by atoms with van der Waals surface area (Å²) >= 11 is 6.06. The van der Waals surface area contributed by atoms with Crippen LogP contribution in [0.4, 0.5) is 0 Å². The van der Waals surface area contributed by atoms with Crippen LogP contribution in [0.15, 0.2) is 6.07 Å². The van der Waals surface area contributed by atoms with Crippen molar-refractivity contribution in [2.75, 3.05) is 20.3 Å². The van der Waals surface area contributed by atoms with Crippen LogP contribution in [0.1, 0.15) is 17.3 Å². The molecule has 2 rings (SSSR count). The van der Waals surface area contributed by atoms with Crippen molar-refractivity contribution in [1.29, 1.82) is 0 Å². The molecule has 1 aliphatic heterocycles. The van der Waals surface area contributed by atoms with Gasteiger partial charge in [-0.05, 0) is 6.92 Å². The quantitative estimate of drug-likeness (QED) is 0.747. The van der Waals surface area contributed by atoms with Crippen molar-refractivity contribution in [3.8, 4) is 17.2 Å². The van der Waals surface area contributed by atoms with Gasteiger partial charge in [-0.1, -0.05) is 11.6 Å². The third-order valence-electron chi connectivity index (χ3n) is 2.31. The Morgan fingerprint density at radius 1 is 1.44 bits per heavy atom. The molecule has 0 saturated heterocycles. The maximum absolute atomic E-state index is 11.5. The SMILES string of the molecule is COc1cc2c(c(C(C)=O)c1Cl)OCCO2. The van der Waals surface area contributed by atoms with E-state index in [1.165, 1.54) is 14.0 Å². The van der Waals surface area contributed by atoms with Crippen LogP contribution in [0.5, 0.6) is 17.2 Å². The molecule has 0 atom stereocenters. The molecule has 0 aliphatic carbocycles. The number of ketones is 1. The Balaban J connectivity index is 2.67. The molecule has 16 heavy (non-hydrogen) atoms. The van der Waals surface area contributed by atoms with Crippen LogP contribution in [0, 0.1) is 0 Å². The van der Waals surface area contributed by atoms with E-state index in [1.807, 2.05) is 0 Å². The van der Waals surface area contributed by atoms with Crippen LogP contribution >= 0.6 is 11.6 Å². The Kier molecular flexibility index (Phi) is 2.92. The minimum atomic E-state index is -0.175. The fraction of sp³-hybridized carbons (Fsp3) is 0.364. The number of fused-ring (bicyclic) bond motifs is 1. The average molecular weight is 243 g/mol. The molecular weight excluding hydrogens is 232 g/mol.